The molecule has 83 valence electrons. The molecule has 4 nitrogen and oxygen atoms in total. The quantitative estimate of drug-likeness (QED) is 0.558. The van der Waals surface area contributed by atoms with E-state index in [0.29, 0.717) is 6.42 Å². The van der Waals surface area contributed by atoms with Crippen molar-refractivity contribution in [2.75, 3.05) is 0 Å². The van der Waals surface area contributed by atoms with Crippen LogP contribution in [0.2, 0.25) is 0 Å². The third kappa shape index (κ3) is 2.50. The van der Waals surface area contributed by atoms with Gasteiger partial charge in [-0.15, -0.1) is 0 Å². The summed E-state index contributed by atoms with van der Waals surface area (Å²) in [5.74, 6) is 0. The minimum absolute atomic E-state index is 0. The monoisotopic (exact) mass is 251 g/mol. The number of fused-ring (bicyclic) bond motifs is 1. The Morgan fingerprint density at radius 1 is 1.19 bits per heavy atom. The van der Waals surface area contributed by atoms with Crippen LogP contribution in [0.4, 0.5) is 0 Å². The van der Waals surface area contributed by atoms with E-state index in [1.54, 1.807) is 12.1 Å². The molecule has 0 saturated carbocycles. The van der Waals surface area contributed by atoms with E-state index in [2.05, 4.69) is 0 Å². The van der Waals surface area contributed by atoms with Gasteiger partial charge in [-0.3, -0.25) is 4.55 Å². The van der Waals surface area contributed by atoms with Crippen LogP contribution < -0.4 is 0 Å². The van der Waals surface area contributed by atoms with Gasteiger partial charge in [-0.25, -0.2) is 0 Å². The zero-order valence-electron chi connectivity index (χ0n) is 9.05. The number of aryl methyl sites for hydroxylation is 1. The van der Waals surface area contributed by atoms with Gasteiger partial charge in [-0.05, 0) is 24.0 Å². The molecule has 0 saturated heterocycles. The molecular formula is C10H12NaO4S. The smallest absolute Gasteiger partial charge is 0.295 e. The van der Waals surface area contributed by atoms with E-state index >= 15 is 0 Å². The maximum Gasteiger partial charge on any atom is 0.295 e. The second-order valence-electron chi connectivity index (χ2n) is 3.87. The van der Waals surface area contributed by atoms with Crippen LogP contribution in [0.15, 0.2) is 24.3 Å². The molecule has 1 atom stereocenters. The van der Waals surface area contributed by atoms with Crippen LogP contribution in [-0.2, 0) is 23.0 Å². The van der Waals surface area contributed by atoms with Crippen molar-refractivity contribution in [3.8, 4) is 0 Å². The summed E-state index contributed by atoms with van der Waals surface area (Å²) in [5, 5.41) is 9.82. The molecular weight excluding hydrogens is 239 g/mol. The molecule has 1 unspecified atom stereocenters. The Kier molecular flexibility index (Phi) is 4.21. The Labute approximate surface area is 117 Å². The molecule has 2 rings (SSSR count). The van der Waals surface area contributed by atoms with Gasteiger partial charge in [0.15, 0.2) is 4.93 Å². The molecule has 6 heteroatoms. The van der Waals surface area contributed by atoms with Crippen LogP contribution in [0.3, 0.4) is 0 Å². The number of rotatable bonds is 1. The van der Waals surface area contributed by atoms with Crippen molar-refractivity contribution in [1.29, 1.82) is 0 Å². The second-order valence-corrected chi connectivity index (χ2v) is 5.58. The molecule has 0 spiro atoms. The molecule has 0 aromatic heterocycles. The zero-order chi connectivity index (χ0) is 11.1. The summed E-state index contributed by atoms with van der Waals surface area (Å²) in [6.45, 7) is 0. The second kappa shape index (κ2) is 4.76. The van der Waals surface area contributed by atoms with Crippen LogP contribution >= 0.6 is 0 Å². The van der Waals surface area contributed by atoms with E-state index in [1.807, 2.05) is 12.1 Å². The maximum atomic E-state index is 11.0. The predicted molar refractivity (Wildman–Crippen MR) is 60.7 cm³/mol. The topological polar surface area (TPSA) is 74.6 Å². The van der Waals surface area contributed by atoms with Gasteiger partial charge in [0.05, 0.1) is 0 Å². The summed E-state index contributed by atoms with van der Waals surface area (Å²) < 4.78 is 31.0. The number of benzene rings is 1. The number of aliphatic hydroxyl groups is 1. The summed E-state index contributed by atoms with van der Waals surface area (Å²) in [5.41, 5.74) is 1.81. The molecule has 1 aromatic rings. The van der Waals surface area contributed by atoms with E-state index in [0.717, 1.165) is 11.1 Å². The van der Waals surface area contributed by atoms with Gasteiger partial charge in [0.25, 0.3) is 10.1 Å². The van der Waals surface area contributed by atoms with Gasteiger partial charge in [0, 0.05) is 36.0 Å². The van der Waals surface area contributed by atoms with Crippen LogP contribution in [-0.4, -0.2) is 52.6 Å². The SMILES string of the molecule is O=S(=O)(O)C1(O)CCc2ccccc2C1.[Na]. The largest absolute Gasteiger partial charge is 0.372 e. The van der Waals surface area contributed by atoms with Gasteiger partial charge in [0.2, 0.25) is 0 Å². The molecule has 1 radical (unpaired) electrons. The summed E-state index contributed by atoms with van der Waals surface area (Å²) >= 11 is 0. The fourth-order valence-electron chi connectivity index (χ4n) is 1.91. The first kappa shape index (κ1) is 14.2. The first-order valence-corrected chi connectivity index (χ1v) is 6.13. The van der Waals surface area contributed by atoms with E-state index in [-0.39, 0.29) is 42.4 Å². The van der Waals surface area contributed by atoms with Gasteiger partial charge in [0.1, 0.15) is 0 Å². The van der Waals surface area contributed by atoms with Crippen LogP contribution in [0.25, 0.3) is 0 Å². The third-order valence-corrected chi connectivity index (χ3v) is 4.16. The summed E-state index contributed by atoms with van der Waals surface area (Å²) in [6.07, 6.45) is 0.470. The van der Waals surface area contributed by atoms with E-state index in [4.69, 9.17) is 4.55 Å². The molecule has 0 bridgehead atoms. The van der Waals surface area contributed by atoms with Crippen molar-refractivity contribution in [2.24, 2.45) is 0 Å². The Morgan fingerprint density at radius 2 is 1.75 bits per heavy atom. The fourth-order valence-corrected chi connectivity index (χ4v) is 2.61. The van der Waals surface area contributed by atoms with E-state index < -0.39 is 15.1 Å². The summed E-state index contributed by atoms with van der Waals surface area (Å²) in [6, 6.07) is 7.33. The minimum atomic E-state index is -4.41. The Morgan fingerprint density at radius 3 is 2.31 bits per heavy atom. The molecule has 1 aliphatic carbocycles. The molecule has 2 N–H and O–H groups in total. The Hall–Kier alpha value is 0.0900. The Bertz CT molecular complexity index is 485. The summed E-state index contributed by atoms with van der Waals surface area (Å²) in [7, 11) is -4.41. The molecule has 0 fully saturated rings. The maximum absolute atomic E-state index is 11.0. The first-order chi connectivity index (χ1) is 6.92. The van der Waals surface area contributed by atoms with Gasteiger partial charge in [-0.1, -0.05) is 24.3 Å². The fraction of sp³-hybridized carbons (Fsp3) is 0.400. The first-order valence-electron chi connectivity index (χ1n) is 4.69. The molecule has 1 aromatic carbocycles. The van der Waals surface area contributed by atoms with Crippen LogP contribution in [0.5, 0.6) is 0 Å². The zero-order valence-corrected chi connectivity index (χ0v) is 11.9. The average molecular weight is 251 g/mol. The molecule has 1 aliphatic rings. The molecule has 0 amide bonds. The third-order valence-electron chi connectivity index (χ3n) is 2.85. The summed E-state index contributed by atoms with van der Waals surface area (Å²) in [4.78, 5) is -2.01. The van der Waals surface area contributed by atoms with Gasteiger partial charge in [-0.2, -0.15) is 8.42 Å². The number of hydrogen-bond acceptors (Lipinski definition) is 3. The van der Waals surface area contributed by atoms with Gasteiger partial charge >= 0.3 is 0 Å². The van der Waals surface area contributed by atoms with Crippen LogP contribution in [0.1, 0.15) is 17.5 Å². The number of hydrogen-bond donors (Lipinski definition) is 2. The molecule has 16 heavy (non-hydrogen) atoms. The van der Waals surface area contributed by atoms with Crippen molar-refractivity contribution in [2.45, 2.75) is 24.2 Å². The average Bonchev–Trinajstić information content (AvgIpc) is 2.16. The van der Waals surface area contributed by atoms with Crippen molar-refractivity contribution < 1.29 is 18.1 Å². The minimum Gasteiger partial charge on any atom is -0.372 e. The van der Waals surface area contributed by atoms with Crippen molar-refractivity contribution >= 4 is 39.7 Å². The Balaban J connectivity index is 0.00000128. The van der Waals surface area contributed by atoms with Crippen molar-refractivity contribution in [3.05, 3.63) is 35.4 Å². The molecule has 0 aliphatic heterocycles. The standard InChI is InChI=1S/C10H12O4S.Na/c11-10(15(12,13)14)6-5-8-3-1-2-4-9(8)7-10;/h1-4,11H,5-7H2,(H,12,13,14);. The van der Waals surface area contributed by atoms with Crippen LogP contribution in [0, 0.1) is 0 Å². The van der Waals surface area contributed by atoms with Crippen molar-refractivity contribution in [1.82, 2.24) is 0 Å². The predicted octanol–water partition coefficient (Wildman–Crippen LogP) is 0.371. The van der Waals surface area contributed by atoms with E-state index in [1.165, 1.54) is 0 Å². The van der Waals surface area contributed by atoms with Crippen molar-refractivity contribution in [3.63, 3.8) is 0 Å². The van der Waals surface area contributed by atoms with E-state index in [9.17, 15) is 13.5 Å². The van der Waals surface area contributed by atoms with Gasteiger partial charge < -0.3 is 5.11 Å². The normalized spacial score (nSPS) is 24.4. The molecule has 0 heterocycles.